The zero-order chi connectivity index (χ0) is 16.9. The van der Waals surface area contributed by atoms with E-state index in [2.05, 4.69) is 15.1 Å². The van der Waals surface area contributed by atoms with Gasteiger partial charge in [0.25, 0.3) is 5.91 Å². The summed E-state index contributed by atoms with van der Waals surface area (Å²) >= 11 is 0. The Kier molecular flexibility index (Phi) is 5.05. The molecule has 3 rings (SSSR count). The molecule has 0 aliphatic carbocycles. The molecule has 1 aliphatic rings. The quantitative estimate of drug-likeness (QED) is 0.863. The van der Waals surface area contributed by atoms with E-state index < -0.39 is 0 Å². The molecule has 2 heterocycles. The maximum absolute atomic E-state index is 12.8. The molecule has 0 unspecified atom stereocenters. The fraction of sp³-hybridized carbons (Fsp3) is 0.389. The number of amides is 1. The molecule has 6 nitrogen and oxygen atoms in total. The van der Waals surface area contributed by atoms with Crippen LogP contribution in [0.4, 0.5) is 11.5 Å². The molecule has 24 heavy (non-hydrogen) atoms. The summed E-state index contributed by atoms with van der Waals surface area (Å²) in [6, 6.07) is 11.5. The first-order valence-corrected chi connectivity index (χ1v) is 8.24. The number of benzene rings is 1. The molecule has 1 fully saturated rings. The maximum atomic E-state index is 12.8. The van der Waals surface area contributed by atoms with Gasteiger partial charge in [-0.3, -0.25) is 4.79 Å². The Hall–Kier alpha value is -2.47. The van der Waals surface area contributed by atoms with Gasteiger partial charge in [-0.15, -0.1) is 10.2 Å². The van der Waals surface area contributed by atoms with Gasteiger partial charge in [0, 0.05) is 25.3 Å². The number of nitrogens with zero attached hydrogens (tertiary/aromatic N) is 4. The summed E-state index contributed by atoms with van der Waals surface area (Å²) in [7, 11) is 0. The van der Waals surface area contributed by atoms with Crippen molar-refractivity contribution in [3.8, 4) is 0 Å². The molecule has 1 amide bonds. The van der Waals surface area contributed by atoms with Crippen LogP contribution < -0.4 is 9.80 Å². The molecule has 0 atom stereocenters. The number of anilines is 2. The Bertz CT molecular complexity index is 696. The highest BCUT2D eigenvalue weighted by Gasteiger charge is 2.20. The third kappa shape index (κ3) is 3.38. The molecule has 0 bridgehead atoms. The molecule has 1 aliphatic heterocycles. The molecule has 1 aromatic carbocycles. The van der Waals surface area contributed by atoms with Crippen molar-refractivity contribution in [2.45, 2.75) is 13.8 Å². The van der Waals surface area contributed by atoms with Gasteiger partial charge in [0.15, 0.2) is 11.5 Å². The summed E-state index contributed by atoms with van der Waals surface area (Å²) in [6.45, 7) is 7.52. The summed E-state index contributed by atoms with van der Waals surface area (Å²) in [5.41, 5.74) is 2.33. The summed E-state index contributed by atoms with van der Waals surface area (Å²) < 4.78 is 5.34. The topological polar surface area (TPSA) is 58.6 Å². The number of hydrogen-bond donors (Lipinski definition) is 0. The van der Waals surface area contributed by atoms with Crippen LogP contribution in [-0.2, 0) is 4.74 Å². The second-order valence-electron chi connectivity index (χ2n) is 5.71. The summed E-state index contributed by atoms with van der Waals surface area (Å²) in [4.78, 5) is 16.7. The molecule has 2 aromatic rings. The molecule has 0 saturated carbocycles. The fourth-order valence-corrected chi connectivity index (χ4v) is 2.83. The predicted molar refractivity (Wildman–Crippen MR) is 93.6 cm³/mol. The zero-order valence-corrected chi connectivity index (χ0v) is 14.1. The number of aromatic nitrogens is 2. The van der Waals surface area contributed by atoms with Crippen molar-refractivity contribution in [3.05, 3.63) is 47.7 Å². The minimum Gasteiger partial charge on any atom is -0.378 e. The first-order valence-electron chi connectivity index (χ1n) is 8.24. The van der Waals surface area contributed by atoms with Crippen molar-refractivity contribution < 1.29 is 9.53 Å². The Morgan fingerprint density at radius 2 is 1.92 bits per heavy atom. The molecular weight excluding hydrogens is 304 g/mol. The lowest BCUT2D eigenvalue weighted by molar-refractivity contribution is 0.0982. The van der Waals surface area contributed by atoms with E-state index in [-0.39, 0.29) is 5.91 Å². The Morgan fingerprint density at radius 3 is 2.54 bits per heavy atom. The third-order valence-electron chi connectivity index (χ3n) is 4.17. The van der Waals surface area contributed by atoms with E-state index in [1.165, 1.54) is 0 Å². The number of rotatable bonds is 4. The second kappa shape index (κ2) is 7.40. The van der Waals surface area contributed by atoms with Gasteiger partial charge in [0.05, 0.1) is 13.2 Å². The van der Waals surface area contributed by atoms with Crippen molar-refractivity contribution >= 4 is 17.4 Å². The van der Waals surface area contributed by atoms with Crippen LogP contribution in [0.2, 0.25) is 0 Å². The van der Waals surface area contributed by atoms with Gasteiger partial charge in [0.1, 0.15) is 0 Å². The summed E-state index contributed by atoms with van der Waals surface area (Å²) in [5, 5.41) is 8.38. The lowest BCUT2D eigenvalue weighted by Crippen LogP contribution is -2.37. The van der Waals surface area contributed by atoms with Crippen LogP contribution in [0, 0.1) is 6.92 Å². The number of morpholine rings is 1. The smallest absolute Gasteiger partial charge is 0.278 e. The van der Waals surface area contributed by atoms with Crippen molar-refractivity contribution in [3.63, 3.8) is 0 Å². The average Bonchev–Trinajstić information content (AvgIpc) is 2.64. The highest BCUT2D eigenvalue weighted by atomic mass is 16.5. The first kappa shape index (κ1) is 16.4. The normalized spacial score (nSPS) is 14.5. The van der Waals surface area contributed by atoms with Gasteiger partial charge in [-0.25, -0.2) is 0 Å². The largest absolute Gasteiger partial charge is 0.378 e. The van der Waals surface area contributed by atoms with Crippen molar-refractivity contribution in [2.24, 2.45) is 0 Å². The number of carbonyl (C=O) groups is 1. The monoisotopic (exact) mass is 326 g/mol. The molecule has 0 spiro atoms. The van der Waals surface area contributed by atoms with Gasteiger partial charge in [0.2, 0.25) is 0 Å². The number of carbonyl (C=O) groups excluding carboxylic acids is 1. The third-order valence-corrected chi connectivity index (χ3v) is 4.17. The minimum absolute atomic E-state index is 0.132. The first-order chi connectivity index (χ1) is 11.7. The van der Waals surface area contributed by atoms with Crippen LogP contribution in [0.15, 0.2) is 36.4 Å². The van der Waals surface area contributed by atoms with E-state index in [1.54, 1.807) is 11.0 Å². The zero-order valence-electron chi connectivity index (χ0n) is 14.1. The average molecular weight is 326 g/mol. The molecule has 1 saturated heterocycles. The van der Waals surface area contributed by atoms with E-state index in [9.17, 15) is 4.79 Å². The van der Waals surface area contributed by atoms with E-state index in [4.69, 9.17) is 4.74 Å². The number of hydrogen-bond acceptors (Lipinski definition) is 5. The highest BCUT2D eigenvalue weighted by molar-refractivity contribution is 6.05. The lowest BCUT2D eigenvalue weighted by atomic mass is 10.1. The van der Waals surface area contributed by atoms with Gasteiger partial charge in [-0.1, -0.05) is 18.2 Å². The standard InChI is InChI=1S/C18H22N4O2/c1-3-22(16-7-5-4-6-14(16)2)18(23)15-8-9-17(20-19-15)21-10-12-24-13-11-21/h4-9H,3,10-13H2,1-2H3. The second-order valence-corrected chi connectivity index (χ2v) is 5.71. The van der Waals surface area contributed by atoms with Crippen LogP contribution in [0.25, 0.3) is 0 Å². The Labute approximate surface area is 142 Å². The van der Waals surface area contributed by atoms with Gasteiger partial charge < -0.3 is 14.5 Å². The van der Waals surface area contributed by atoms with E-state index in [1.807, 2.05) is 44.2 Å². The molecule has 0 N–H and O–H groups in total. The number of ether oxygens (including phenoxy) is 1. The van der Waals surface area contributed by atoms with Gasteiger partial charge in [-0.2, -0.15) is 0 Å². The molecule has 0 radical (unpaired) electrons. The van der Waals surface area contributed by atoms with Crippen LogP contribution in [0.3, 0.4) is 0 Å². The van der Waals surface area contributed by atoms with Crippen LogP contribution in [0.1, 0.15) is 23.0 Å². The molecule has 126 valence electrons. The van der Waals surface area contributed by atoms with E-state index in [0.717, 1.165) is 30.2 Å². The van der Waals surface area contributed by atoms with E-state index in [0.29, 0.717) is 25.5 Å². The minimum atomic E-state index is -0.132. The molecular formula is C18H22N4O2. The summed E-state index contributed by atoms with van der Waals surface area (Å²) in [5.74, 6) is 0.654. The predicted octanol–water partition coefficient (Wildman–Crippen LogP) is 2.29. The van der Waals surface area contributed by atoms with Crippen LogP contribution >= 0.6 is 0 Å². The number of aryl methyl sites for hydroxylation is 1. The van der Waals surface area contributed by atoms with Crippen LogP contribution in [0.5, 0.6) is 0 Å². The van der Waals surface area contributed by atoms with Crippen molar-refractivity contribution in [1.29, 1.82) is 0 Å². The summed E-state index contributed by atoms with van der Waals surface area (Å²) in [6.07, 6.45) is 0. The Balaban J connectivity index is 1.79. The van der Waals surface area contributed by atoms with Gasteiger partial charge >= 0.3 is 0 Å². The molecule has 1 aromatic heterocycles. The van der Waals surface area contributed by atoms with Crippen LogP contribution in [-0.4, -0.2) is 49.0 Å². The SMILES string of the molecule is CCN(C(=O)c1ccc(N2CCOCC2)nn1)c1ccccc1C. The maximum Gasteiger partial charge on any atom is 0.278 e. The fourth-order valence-electron chi connectivity index (χ4n) is 2.83. The van der Waals surface area contributed by atoms with Crippen molar-refractivity contribution in [1.82, 2.24) is 10.2 Å². The number of para-hydroxylation sites is 1. The Morgan fingerprint density at radius 1 is 1.17 bits per heavy atom. The van der Waals surface area contributed by atoms with Crippen molar-refractivity contribution in [2.75, 3.05) is 42.6 Å². The van der Waals surface area contributed by atoms with Gasteiger partial charge in [-0.05, 0) is 37.6 Å². The lowest BCUT2D eigenvalue weighted by Gasteiger charge is -2.27. The molecule has 6 heteroatoms. The highest BCUT2D eigenvalue weighted by Crippen LogP contribution is 2.21. The van der Waals surface area contributed by atoms with E-state index >= 15 is 0 Å².